The van der Waals surface area contributed by atoms with Gasteiger partial charge in [-0.1, -0.05) is 204 Å². The van der Waals surface area contributed by atoms with Gasteiger partial charge in [-0.2, -0.15) is 0 Å². The first-order chi connectivity index (χ1) is 29.0. The van der Waals surface area contributed by atoms with Gasteiger partial charge >= 0.3 is 5.97 Å². The van der Waals surface area contributed by atoms with E-state index in [2.05, 4.69) is 86.8 Å². The molecule has 0 aromatic heterocycles. The number of aliphatic hydroxyl groups excluding tert-OH is 2. The predicted octanol–water partition coefficient (Wildman–Crippen LogP) is 14.8. The van der Waals surface area contributed by atoms with E-state index in [1.807, 2.05) is 0 Å². The fourth-order valence-corrected chi connectivity index (χ4v) is 7.30. The number of carbonyl (C=O) groups excluding carboxylic acids is 2. The van der Waals surface area contributed by atoms with Crippen LogP contribution in [0.1, 0.15) is 239 Å². The maximum atomic E-state index is 13.1. The Bertz CT molecular complexity index is 1060. The summed E-state index contributed by atoms with van der Waals surface area (Å²) in [5.74, 6) is -0.534. The van der Waals surface area contributed by atoms with Crippen molar-refractivity contribution in [2.45, 2.75) is 257 Å². The van der Waals surface area contributed by atoms with Gasteiger partial charge < -0.3 is 20.3 Å². The molecule has 0 fully saturated rings. The van der Waals surface area contributed by atoms with Gasteiger partial charge in [0.2, 0.25) is 5.91 Å². The SMILES string of the molecule is CC/C=C/C/C=C/C/C=C/C/C=C/CCCC(CC(=O)NC(CO)C(O)CCCCCCCCCCC)OC(=O)CCCCCCCCC/C=C/CCCCCCCC. The second-order valence-electron chi connectivity index (χ2n) is 16.8. The number of ether oxygens (including phenoxy) is 1. The quantitative estimate of drug-likeness (QED) is 0.0323. The molecule has 0 aromatic rings. The molecule has 0 spiro atoms. The Balaban J connectivity index is 4.64. The number of allylic oxidation sites excluding steroid dienone is 10. The Morgan fingerprint density at radius 2 is 0.932 bits per heavy atom. The third-order valence-electron chi connectivity index (χ3n) is 11.1. The number of rotatable bonds is 44. The molecule has 3 unspecified atom stereocenters. The molecule has 0 aliphatic heterocycles. The van der Waals surface area contributed by atoms with Gasteiger partial charge in [0.25, 0.3) is 0 Å². The molecular weight excluding hydrogens is 731 g/mol. The second kappa shape index (κ2) is 46.6. The Morgan fingerprint density at radius 1 is 0.508 bits per heavy atom. The van der Waals surface area contributed by atoms with Crippen LogP contribution in [0.2, 0.25) is 0 Å². The van der Waals surface area contributed by atoms with Gasteiger partial charge in [-0.25, -0.2) is 0 Å². The zero-order valence-corrected chi connectivity index (χ0v) is 38.9. The van der Waals surface area contributed by atoms with Crippen LogP contribution in [0.4, 0.5) is 0 Å². The maximum absolute atomic E-state index is 13.1. The molecule has 6 nitrogen and oxygen atoms in total. The van der Waals surface area contributed by atoms with Crippen LogP contribution in [-0.2, 0) is 14.3 Å². The van der Waals surface area contributed by atoms with Crippen LogP contribution in [0.3, 0.4) is 0 Å². The van der Waals surface area contributed by atoms with Crippen molar-refractivity contribution < 1.29 is 24.5 Å². The van der Waals surface area contributed by atoms with Crippen LogP contribution < -0.4 is 5.32 Å². The molecule has 0 aromatic carbocycles. The number of unbranched alkanes of at least 4 members (excludes halogenated alkanes) is 22. The topological polar surface area (TPSA) is 95.9 Å². The lowest BCUT2D eigenvalue weighted by Gasteiger charge is -2.24. The second-order valence-corrected chi connectivity index (χ2v) is 16.8. The highest BCUT2D eigenvalue weighted by Gasteiger charge is 2.24. The van der Waals surface area contributed by atoms with Gasteiger partial charge in [-0.3, -0.25) is 9.59 Å². The fraction of sp³-hybridized carbons (Fsp3) is 0.774. The molecule has 0 heterocycles. The van der Waals surface area contributed by atoms with E-state index in [0.29, 0.717) is 19.3 Å². The lowest BCUT2D eigenvalue weighted by atomic mass is 10.0. The van der Waals surface area contributed by atoms with E-state index in [0.717, 1.165) is 77.0 Å². The normalized spacial score (nSPS) is 13.8. The summed E-state index contributed by atoms with van der Waals surface area (Å²) in [5.41, 5.74) is 0. The Labute approximate surface area is 365 Å². The van der Waals surface area contributed by atoms with E-state index in [1.165, 1.54) is 116 Å². The average Bonchev–Trinajstić information content (AvgIpc) is 3.23. The Kier molecular flexibility index (Phi) is 44.7. The monoisotopic (exact) mass is 826 g/mol. The van der Waals surface area contributed by atoms with Gasteiger partial charge in [-0.05, 0) is 83.5 Å². The van der Waals surface area contributed by atoms with Crippen molar-refractivity contribution in [2.75, 3.05) is 6.61 Å². The van der Waals surface area contributed by atoms with Crippen molar-refractivity contribution in [2.24, 2.45) is 0 Å². The van der Waals surface area contributed by atoms with Crippen LogP contribution in [0.25, 0.3) is 0 Å². The first-order valence-electron chi connectivity index (χ1n) is 25.0. The molecular formula is C53H95NO5. The number of hydrogen-bond donors (Lipinski definition) is 3. The lowest BCUT2D eigenvalue weighted by molar-refractivity contribution is -0.151. The standard InChI is InChI=1S/C53H95NO5/c1-4-7-10-13-16-19-21-23-25-26-27-29-31-34-37-40-43-46-53(58)59-49(44-41-38-35-33-30-28-24-22-20-17-14-11-8-5-2)47-52(57)54-50(48-55)51(56)45-42-39-36-32-18-15-12-9-6-3/h8,11,17,20,23-25,28,33,35,49-51,55-56H,4-7,9-10,12-16,18-19,21-22,26-27,29-32,34,36-48H2,1-3H3,(H,54,57)/b11-8+,20-17+,25-23+,28-24+,35-33+. The smallest absolute Gasteiger partial charge is 0.306 e. The zero-order chi connectivity index (χ0) is 43.1. The molecule has 0 rings (SSSR count). The Hall–Kier alpha value is -2.44. The van der Waals surface area contributed by atoms with E-state index in [4.69, 9.17) is 4.74 Å². The highest BCUT2D eigenvalue weighted by molar-refractivity contribution is 5.77. The number of carbonyl (C=O) groups is 2. The van der Waals surface area contributed by atoms with Crippen LogP contribution in [0, 0.1) is 0 Å². The molecule has 6 heteroatoms. The number of esters is 1. The van der Waals surface area contributed by atoms with Crippen molar-refractivity contribution in [1.29, 1.82) is 0 Å². The summed E-state index contributed by atoms with van der Waals surface area (Å²) in [5, 5.41) is 23.6. The van der Waals surface area contributed by atoms with Crippen molar-refractivity contribution in [3.63, 3.8) is 0 Å². The van der Waals surface area contributed by atoms with E-state index in [1.54, 1.807) is 0 Å². The Morgan fingerprint density at radius 3 is 1.44 bits per heavy atom. The number of amides is 1. The van der Waals surface area contributed by atoms with E-state index in [-0.39, 0.29) is 24.9 Å². The minimum Gasteiger partial charge on any atom is -0.462 e. The largest absolute Gasteiger partial charge is 0.462 e. The van der Waals surface area contributed by atoms with Gasteiger partial charge in [0.15, 0.2) is 0 Å². The van der Waals surface area contributed by atoms with Crippen molar-refractivity contribution in [1.82, 2.24) is 5.32 Å². The van der Waals surface area contributed by atoms with E-state index < -0.39 is 18.2 Å². The molecule has 0 saturated heterocycles. The summed E-state index contributed by atoms with van der Waals surface area (Å²) in [4.78, 5) is 26.1. The summed E-state index contributed by atoms with van der Waals surface area (Å²) in [7, 11) is 0. The summed E-state index contributed by atoms with van der Waals surface area (Å²) in [6.45, 7) is 6.32. The molecule has 0 aliphatic rings. The van der Waals surface area contributed by atoms with E-state index >= 15 is 0 Å². The summed E-state index contributed by atoms with van der Waals surface area (Å²) in [6.07, 6.45) is 57.2. The van der Waals surface area contributed by atoms with Gasteiger partial charge in [0.1, 0.15) is 6.10 Å². The lowest BCUT2D eigenvalue weighted by Crippen LogP contribution is -2.46. The molecule has 3 atom stereocenters. The van der Waals surface area contributed by atoms with Crippen molar-refractivity contribution in [3.05, 3.63) is 60.8 Å². The van der Waals surface area contributed by atoms with Crippen molar-refractivity contribution in [3.8, 4) is 0 Å². The number of hydrogen-bond acceptors (Lipinski definition) is 5. The average molecular weight is 826 g/mol. The molecule has 0 bridgehead atoms. The summed E-state index contributed by atoms with van der Waals surface area (Å²) in [6, 6.07) is -0.719. The molecule has 0 saturated carbocycles. The third kappa shape index (κ3) is 42.1. The number of aliphatic hydroxyl groups is 2. The minimum atomic E-state index is -0.802. The molecule has 3 N–H and O–H groups in total. The van der Waals surface area contributed by atoms with Gasteiger partial charge in [0, 0.05) is 6.42 Å². The molecule has 59 heavy (non-hydrogen) atoms. The van der Waals surface area contributed by atoms with Crippen LogP contribution in [0.5, 0.6) is 0 Å². The zero-order valence-electron chi connectivity index (χ0n) is 38.9. The third-order valence-corrected chi connectivity index (χ3v) is 11.1. The van der Waals surface area contributed by atoms with Crippen LogP contribution in [0.15, 0.2) is 60.8 Å². The number of nitrogens with one attached hydrogen (secondary N) is 1. The highest BCUT2D eigenvalue weighted by Crippen LogP contribution is 2.17. The van der Waals surface area contributed by atoms with Crippen LogP contribution >= 0.6 is 0 Å². The van der Waals surface area contributed by atoms with Crippen molar-refractivity contribution >= 4 is 11.9 Å². The first kappa shape index (κ1) is 56.6. The predicted molar refractivity (Wildman–Crippen MR) is 255 cm³/mol. The molecule has 0 radical (unpaired) electrons. The van der Waals surface area contributed by atoms with Crippen LogP contribution in [-0.4, -0.2) is 46.9 Å². The fourth-order valence-electron chi connectivity index (χ4n) is 7.30. The van der Waals surface area contributed by atoms with E-state index in [9.17, 15) is 19.8 Å². The minimum absolute atomic E-state index is 0.0371. The highest BCUT2D eigenvalue weighted by atomic mass is 16.5. The summed E-state index contributed by atoms with van der Waals surface area (Å²) >= 11 is 0. The summed E-state index contributed by atoms with van der Waals surface area (Å²) < 4.78 is 5.90. The first-order valence-corrected chi connectivity index (χ1v) is 25.0. The van der Waals surface area contributed by atoms with Gasteiger partial charge in [0.05, 0.1) is 25.2 Å². The maximum Gasteiger partial charge on any atom is 0.306 e. The molecule has 0 aliphatic carbocycles. The molecule has 342 valence electrons. The molecule has 1 amide bonds. The van der Waals surface area contributed by atoms with Gasteiger partial charge in [-0.15, -0.1) is 0 Å².